The Kier molecular flexibility index (Phi) is 2.80. The summed E-state index contributed by atoms with van der Waals surface area (Å²) in [7, 11) is 0. The van der Waals surface area contributed by atoms with Gasteiger partial charge in [0, 0.05) is 9.86 Å². The molecule has 0 saturated heterocycles. The van der Waals surface area contributed by atoms with Crippen LogP contribution in [0.3, 0.4) is 0 Å². The van der Waals surface area contributed by atoms with E-state index in [2.05, 4.69) is 15.9 Å². The second-order valence-corrected chi connectivity index (χ2v) is 4.34. The Labute approximate surface area is 96.2 Å². The predicted molar refractivity (Wildman–Crippen MR) is 65.1 cm³/mol. The molecule has 15 heavy (non-hydrogen) atoms. The molecule has 0 bridgehead atoms. The third kappa shape index (κ3) is 1.79. The lowest BCUT2D eigenvalue weighted by molar-refractivity contribution is 0.586. The standard InChI is InChI=1S/C11H9BBrFO/c1-12(15)9-6-10(13)7-4-2-3-5-8(7)11(9)14/h2-6,15H,1H3. The van der Waals surface area contributed by atoms with Crippen LogP contribution >= 0.6 is 15.9 Å². The highest BCUT2D eigenvalue weighted by Crippen LogP contribution is 2.24. The van der Waals surface area contributed by atoms with Crippen molar-refractivity contribution in [2.75, 3.05) is 0 Å². The SMILES string of the molecule is CB(O)c1cc(Br)c2ccccc2c1F. The van der Waals surface area contributed by atoms with Crippen molar-refractivity contribution >= 4 is 39.1 Å². The summed E-state index contributed by atoms with van der Waals surface area (Å²) in [6.45, 7) is 0.755. The van der Waals surface area contributed by atoms with Crippen molar-refractivity contribution in [2.45, 2.75) is 6.82 Å². The van der Waals surface area contributed by atoms with Gasteiger partial charge in [0.1, 0.15) is 5.82 Å². The van der Waals surface area contributed by atoms with E-state index in [1.165, 1.54) is 0 Å². The molecule has 2 aromatic carbocycles. The van der Waals surface area contributed by atoms with E-state index in [0.29, 0.717) is 10.8 Å². The number of halogens is 2. The monoisotopic (exact) mass is 266 g/mol. The van der Waals surface area contributed by atoms with Crippen LogP contribution < -0.4 is 5.46 Å². The molecule has 76 valence electrons. The molecule has 0 saturated carbocycles. The minimum Gasteiger partial charge on any atom is -0.446 e. The molecule has 1 N–H and O–H groups in total. The quantitative estimate of drug-likeness (QED) is 0.787. The van der Waals surface area contributed by atoms with E-state index in [9.17, 15) is 9.41 Å². The highest BCUT2D eigenvalue weighted by Gasteiger charge is 2.16. The van der Waals surface area contributed by atoms with Gasteiger partial charge in [-0.2, -0.15) is 0 Å². The third-order valence-corrected chi connectivity index (χ3v) is 3.06. The molecular weight excluding hydrogens is 258 g/mol. The Balaban J connectivity index is 2.84. The van der Waals surface area contributed by atoms with E-state index in [-0.39, 0.29) is 5.82 Å². The molecule has 4 heteroatoms. The maximum Gasteiger partial charge on any atom is 0.323 e. The van der Waals surface area contributed by atoms with Crippen LogP contribution in [-0.4, -0.2) is 11.9 Å². The summed E-state index contributed by atoms with van der Waals surface area (Å²) in [5.41, 5.74) is 0.320. The average Bonchev–Trinajstić information content (AvgIpc) is 2.23. The van der Waals surface area contributed by atoms with Gasteiger partial charge in [0.15, 0.2) is 0 Å². The number of hydrogen-bond donors (Lipinski definition) is 1. The zero-order valence-electron chi connectivity index (χ0n) is 8.17. The van der Waals surface area contributed by atoms with Crippen molar-refractivity contribution in [3.63, 3.8) is 0 Å². The van der Waals surface area contributed by atoms with E-state index in [1.807, 2.05) is 12.1 Å². The zero-order valence-corrected chi connectivity index (χ0v) is 9.75. The third-order valence-electron chi connectivity index (χ3n) is 2.41. The molecule has 0 spiro atoms. The van der Waals surface area contributed by atoms with Crippen LogP contribution in [0.25, 0.3) is 10.8 Å². The first-order valence-electron chi connectivity index (χ1n) is 4.66. The highest BCUT2D eigenvalue weighted by atomic mass is 79.9. The Morgan fingerprint density at radius 2 is 1.87 bits per heavy atom. The van der Waals surface area contributed by atoms with E-state index < -0.39 is 6.92 Å². The lowest BCUT2D eigenvalue weighted by Gasteiger charge is -2.08. The molecular formula is C11H9BBrFO. The van der Waals surface area contributed by atoms with Crippen LogP contribution in [-0.2, 0) is 0 Å². The number of hydrogen-bond acceptors (Lipinski definition) is 1. The van der Waals surface area contributed by atoms with Crippen LogP contribution in [0.1, 0.15) is 0 Å². The Morgan fingerprint density at radius 3 is 2.47 bits per heavy atom. The van der Waals surface area contributed by atoms with Gasteiger partial charge in [-0.25, -0.2) is 4.39 Å². The van der Waals surface area contributed by atoms with E-state index in [1.54, 1.807) is 25.0 Å². The van der Waals surface area contributed by atoms with Gasteiger partial charge >= 0.3 is 6.92 Å². The normalized spacial score (nSPS) is 10.7. The molecule has 0 heterocycles. The Hall–Kier alpha value is -0.865. The molecule has 2 rings (SSSR count). The first kappa shape index (κ1) is 10.6. The summed E-state index contributed by atoms with van der Waals surface area (Å²) in [6.07, 6.45) is 0. The summed E-state index contributed by atoms with van der Waals surface area (Å²) in [4.78, 5) is 0. The maximum atomic E-state index is 13.9. The van der Waals surface area contributed by atoms with Gasteiger partial charge in [0.25, 0.3) is 0 Å². The van der Waals surface area contributed by atoms with Gasteiger partial charge in [-0.05, 0) is 16.9 Å². The fourth-order valence-corrected chi connectivity index (χ4v) is 2.21. The molecule has 0 aliphatic rings. The molecule has 0 radical (unpaired) electrons. The number of rotatable bonds is 1. The van der Waals surface area contributed by atoms with Gasteiger partial charge in [0.2, 0.25) is 0 Å². The van der Waals surface area contributed by atoms with Gasteiger partial charge in [0.05, 0.1) is 0 Å². The summed E-state index contributed by atoms with van der Waals surface area (Å²) < 4.78 is 14.7. The molecule has 0 atom stereocenters. The van der Waals surface area contributed by atoms with Crippen LogP contribution in [0.5, 0.6) is 0 Å². The van der Waals surface area contributed by atoms with Crippen LogP contribution in [0, 0.1) is 5.82 Å². The van der Waals surface area contributed by atoms with E-state index >= 15 is 0 Å². The predicted octanol–water partition coefficient (Wildman–Crippen LogP) is 2.56. The highest BCUT2D eigenvalue weighted by molar-refractivity contribution is 9.10. The first-order valence-corrected chi connectivity index (χ1v) is 5.45. The largest absolute Gasteiger partial charge is 0.446 e. The molecule has 0 unspecified atom stereocenters. The Morgan fingerprint density at radius 1 is 1.27 bits per heavy atom. The molecule has 0 amide bonds. The van der Waals surface area contributed by atoms with Crippen molar-refractivity contribution in [1.29, 1.82) is 0 Å². The van der Waals surface area contributed by atoms with Crippen molar-refractivity contribution in [3.8, 4) is 0 Å². The van der Waals surface area contributed by atoms with Crippen LogP contribution in [0.2, 0.25) is 6.82 Å². The topological polar surface area (TPSA) is 20.2 Å². The minimum absolute atomic E-state index is 0.320. The van der Waals surface area contributed by atoms with Crippen LogP contribution in [0.15, 0.2) is 34.8 Å². The zero-order chi connectivity index (χ0) is 11.0. The Bertz CT molecular complexity index is 513. The molecule has 0 aliphatic carbocycles. The fraction of sp³-hybridized carbons (Fsp3) is 0.0909. The lowest BCUT2D eigenvalue weighted by Crippen LogP contribution is -2.29. The number of benzene rings is 2. The van der Waals surface area contributed by atoms with Crippen LogP contribution in [0.4, 0.5) is 4.39 Å². The molecule has 0 aromatic heterocycles. The van der Waals surface area contributed by atoms with E-state index in [4.69, 9.17) is 0 Å². The number of fused-ring (bicyclic) bond motifs is 1. The van der Waals surface area contributed by atoms with Crippen molar-refractivity contribution in [3.05, 3.63) is 40.6 Å². The fourth-order valence-electron chi connectivity index (χ4n) is 1.62. The second kappa shape index (κ2) is 3.95. The average molecular weight is 267 g/mol. The minimum atomic E-state index is -0.800. The first-order chi connectivity index (χ1) is 7.11. The summed E-state index contributed by atoms with van der Waals surface area (Å²) in [5, 5.41) is 10.8. The van der Waals surface area contributed by atoms with Gasteiger partial charge in [-0.15, -0.1) is 0 Å². The second-order valence-electron chi connectivity index (χ2n) is 3.48. The van der Waals surface area contributed by atoms with Crippen molar-refractivity contribution in [1.82, 2.24) is 0 Å². The summed E-state index contributed by atoms with van der Waals surface area (Å²) in [6, 6.07) is 8.82. The maximum absolute atomic E-state index is 13.9. The molecule has 0 aliphatic heterocycles. The van der Waals surface area contributed by atoms with E-state index in [0.717, 1.165) is 9.86 Å². The lowest BCUT2D eigenvalue weighted by atomic mass is 9.64. The summed E-state index contributed by atoms with van der Waals surface area (Å²) in [5.74, 6) is -0.344. The molecule has 2 aromatic rings. The summed E-state index contributed by atoms with van der Waals surface area (Å²) >= 11 is 3.37. The van der Waals surface area contributed by atoms with Gasteiger partial charge in [-0.1, -0.05) is 47.0 Å². The molecule has 1 nitrogen and oxygen atoms in total. The van der Waals surface area contributed by atoms with Crippen molar-refractivity contribution < 1.29 is 9.41 Å². The smallest absolute Gasteiger partial charge is 0.323 e. The molecule has 0 fully saturated rings. The van der Waals surface area contributed by atoms with Gasteiger partial charge in [-0.3, -0.25) is 0 Å². The van der Waals surface area contributed by atoms with Gasteiger partial charge < -0.3 is 5.02 Å². The van der Waals surface area contributed by atoms with Crippen molar-refractivity contribution in [2.24, 2.45) is 0 Å².